The number of aromatic nitrogens is 2. The molecular formula is C30H33BrFN3O2S2. The van der Waals surface area contributed by atoms with Crippen LogP contribution < -0.4 is 4.74 Å². The number of hydrogen-bond acceptors (Lipinski definition) is 7. The van der Waals surface area contributed by atoms with E-state index in [1.54, 1.807) is 26.2 Å². The first kappa shape index (κ1) is 29.8. The van der Waals surface area contributed by atoms with Crippen molar-refractivity contribution in [2.24, 2.45) is 0 Å². The molecule has 2 aromatic carbocycles. The van der Waals surface area contributed by atoms with Gasteiger partial charge >= 0.3 is 0 Å². The number of ether oxygens (including phenoxy) is 1. The van der Waals surface area contributed by atoms with Crippen LogP contribution in [0.4, 0.5) is 4.39 Å². The van der Waals surface area contributed by atoms with Gasteiger partial charge in [-0.15, -0.1) is 23.5 Å². The summed E-state index contributed by atoms with van der Waals surface area (Å²) < 4.78 is 22.8. The van der Waals surface area contributed by atoms with Crippen LogP contribution in [0.3, 0.4) is 0 Å². The van der Waals surface area contributed by atoms with E-state index >= 15 is 4.39 Å². The summed E-state index contributed by atoms with van der Waals surface area (Å²) in [5, 5.41) is 15.4. The van der Waals surface area contributed by atoms with Crippen molar-refractivity contribution in [1.82, 2.24) is 14.9 Å². The number of nitrogens with zero attached hydrogens (tertiary/aromatic N) is 3. The second-order valence-electron chi connectivity index (χ2n) is 9.75. The number of methoxy groups -OCH3 is 1. The number of benzene rings is 2. The lowest BCUT2D eigenvalue weighted by Gasteiger charge is -2.39. The van der Waals surface area contributed by atoms with Crippen LogP contribution in [-0.4, -0.2) is 60.2 Å². The third-order valence-electron chi connectivity index (χ3n) is 6.92. The van der Waals surface area contributed by atoms with Crippen molar-refractivity contribution in [2.75, 3.05) is 40.3 Å². The molecule has 0 saturated heterocycles. The Hall–Kier alpha value is -2.17. The zero-order valence-electron chi connectivity index (χ0n) is 23.0. The van der Waals surface area contributed by atoms with Crippen LogP contribution in [0.15, 0.2) is 69.1 Å². The standard InChI is InChI=1S/C30H33BrFN3O2S2/c1-18-8-7-9-22(28(18)32)27(23-15-19-14-21(31)10-11-24(19)33-29(23)37-4)30(36,12-13-35(2)3)20-16-25(38-5)34-26(17-20)39-6/h7-11,14-17,27,36H,12-13H2,1-6H3/t27-,30-/m1/s1. The van der Waals surface area contributed by atoms with E-state index in [1.165, 1.54) is 23.5 Å². The normalized spacial score (nSPS) is 14.0. The number of halogens is 2. The highest BCUT2D eigenvalue weighted by Crippen LogP contribution is 2.49. The summed E-state index contributed by atoms with van der Waals surface area (Å²) in [6.45, 7) is 2.31. The van der Waals surface area contributed by atoms with E-state index in [0.29, 0.717) is 41.1 Å². The molecule has 0 saturated carbocycles. The average molecular weight is 631 g/mol. The summed E-state index contributed by atoms with van der Waals surface area (Å²) in [5.41, 5.74) is 1.41. The molecule has 1 N–H and O–H groups in total. The molecule has 0 radical (unpaired) electrons. The number of aliphatic hydroxyl groups is 1. The first-order valence-electron chi connectivity index (χ1n) is 12.5. The molecule has 0 aliphatic carbocycles. The molecule has 4 rings (SSSR count). The van der Waals surface area contributed by atoms with Gasteiger partial charge in [0, 0.05) is 22.0 Å². The van der Waals surface area contributed by atoms with E-state index in [9.17, 15) is 5.11 Å². The lowest BCUT2D eigenvalue weighted by Crippen LogP contribution is -2.38. The minimum atomic E-state index is -1.52. The Morgan fingerprint density at radius 1 is 1.03 bits per heavy atom. The highest BCUT2D eigenvalue weighted by atomic mass is 79.9. The maximum atomic E-state index is 16.1. The lowest BCUT2D eigenvalue weighted by atomic mass is 9.71. The van der Waals surface area contributed by atoms with Crippen molar-refractivity contribution in [3.63, 3.8) is 0 Å². The molecule has 0 fully saturated rings. The fourth-order valence-corrected chi connectivity index (χ4v) is 6.19. The van der Waals surface area contributed by atoms with Crippen molar-refractivity contribution in [2.45, 2.75) is 34.9 Å². The van der Waals surface area contributed by atoms with Crippen molar-refractivity contribution in [3.05, 3.63) is 87.1 Å². The van der Waals surface area contributed by atoms with Crippen molar-refractivity contribution in [1.29, 1.82) is 0 Å². The predicted molar refractivity (Wildman–Crippen MR) is 164 cm³/mol. The number of thioether (sulfide) groups is 2. The van der Waals surface area contributed by atoms with Crippen LogP contribution in [0.5, 0.6) is 5.88 Å². The Morgan fingerprint density at radius 3 is 2.33 bits per heavy atom. The Labute approximate surface area is 246 Å². The van der Waals surface area contributed by atoms with Crippen LogP contribution in [0.1, 0.15) is 34.6 Å². The molecule has 206 valence electrons. The third-order valence-corrected chi connectivity index (χ3v) is 8.67. The molecule has 2 aromatic heterocycles. The second kappa shape index (κ2) is 12.6. The topological polar surface area (TPSA) is 58.5 Å². The minimum absolute atomic E-state index is 0.337. The van der Waals surface area contributed by atoms with Gasteiger partial charge in [-0.25, -0.2) is 14.4 Å². The Bertz CT molecular complexity index is 1460. The third kappa shape index (κ3) is 6.28. The van der Waals surface area contributed by atoms with Crippen LogP contribution >= 0.6 is 39.5 Å². The fraction of sp³-hybridized carbons (Fsp3) is 0.333. The van der Waals surface area contributed by atoms with E-state index < -0.39 is 11.5 Å². The summed E-state index contributed by atoms with van der Waals surface area (Å²) in [7, 11) is 5.49. The molecule has 0 aliphatic heterocycles. The lowest BCUT2D eigenvalue weighted by molar-refractivity contribution is 0.00234. The van der Waals surface area contributed by atoms with Gasteiger partial charge in [-0.2, -0.15) is 0 Å². The molecule has 2 atom stereocenters. The monoisotopic (exact) mass is 629 g/mol. The number of rotatable bonds is 10. The van der Waals surface area contributed by atoms with E-state index in [0.717, 1.165) is 25.4 Å². The van der Waals surface area contributed by atoms with E-state index in [4.69, 9.17) is 9.72 Å². The highest BCUT2D eigenvalue weighted by Gasteiger charge is 2.44. The number of hydrogen-bond donors (Lipinski definition) is 1. The summed E-state index contributed by atoms with van der Waals surface area (Å²) in [5.74, 6) is -0.829. The maximum absolute atomic E-state index is 16.1. The van der Waals surface area contributed by atoms with Gasteiger partial charge in [0.2, 0.25) is 5.88 Å². The predicted octanol–water partition coefficient (Wildman–Crippen LogP) is 7.26. The molecule has 9 heteroatoms. The number of aryl methyl sites for hydroxylation is 1. The largest absolute Gasteiger partial charge is 0.481 e. The molecule has 5 nitrogen and oxygen atoms in total. The zero-order chi connectivity index (χ0) is 28.3. The number of fused-ring (bicyclic) bond motifs is 1. The summed E-state index contributed by atoms with van der Waals surface area (Å²) in [4.78, 5) is 11.5. The van der Waals surface area contributed by atoms with Gasteiger partial charge in [-0.05, 0) is 93.0 Å². The fourth-order valence-electron chi connectivity index (χ4n) is 4.88. The van der Waals surface area contributed by atoms with Crippen LogP contribution in [0.25, 0.3) is 10.9 Å². The summed E-state index contributed by atoms with van der Waals surface area (Å²) >= 11 is 6.58. The Morgan fingerprint density at radius 2 is 1.72 bits per heavy atom. The summed E-state index contributed by atoms with van der Waals surface area (Å²) in [6, 6.07) is 16.9. The smallest absolute Gasteiger partial charge is 0.217 e. The second-order valence-corrected chi connectivity index (χ2v) is 12.3. The van der Waals surface area contributed by atoms with Gasteiger partial charge in [0.15, 0.2) is 0 Å². The zero-order valence-corrected chi connectivity index (χ0v) is 26.2. The maximum Gasteiger partial charge on any atom is 0.217 e. The van der Waals surface area contributed by atoms with Gasteiger partial charge in [-0.3, -0.25) is 0 Å². The van der Waals surface area contributed by atoms with Gasteiger partial charge in [0.1, 0.15) is 11.4 Å². The van der Waals surface area contributed by atoms with Crippen LogP contribution in [0.2, 0.25) is 0 Å². The average Bonchev–Trinajstić information content (AvgIpc) is 2.93. The quantitative estimate of drug-likeness (QED) is 0.185. The molecule has 39 heavy (non-hydrogen) atoms. The first-order chi connectivity index (χ1) is 18.6. The summed E-state index contributed by atoms with van der Waals surface area (Å²) in [6.07, 6.45) is 4.26. The van der Waals surface area contributed by atoms with Crippen molar-refractivity contribution < 1.29 is 14.2 Å². The van der Waals surface area contributed by atoms with E-state index in [1.807, 2.05) is 74.0 Å². The van der Waals surface area contributed by atoms with Gasteiger partial charge < -0.3 is 14.7 Å². The SMILES string of the molecule is COc1nc2ccc(Br)cc2cc1[C@@H](c1cccc(C)c1F)[C@@](O)(CCN(C)C)c1cc(SC)nc(SC)c1. The van der Waals surface area contributed by atoms with Crippen LogP contribution in [0, 0.1) is 12.7 Å². The van der Waals surface area contributed by atoms with E-state index in [2.05, 4.69) is 20.9 Å². The highest BCUT2D eigenvalue weighted by molar-refractivity contribution is 9.10. The van der Waals surface area contributed by atoms with Crippen LogP contribution in [-0.2, 0) is 5.60 Å². The molecule has 0 spiro atoms. The molecular weight excluding hydrogens is 597 g/mol. The minimum Gasteiger partial charge on any atom is -0.481 e. The first-order valence-corrected chi connectivity index (χ1v) is 15.7. The number of pyridine rings is 2. The molecule has 0 aliphatic rings. The van der Waals surface area contributed by atoms with Crippen molar-refractivity contribution in [3.8, 4) is 5.88 Å². The Kier molecular flexibility index (Phi) is 9.60. The molecule has 2 heterocycles. The molecule has 0 bridgehead atoms. The molecule has 0 amide bonds. The molecule has 4 aromatic rings. The van der Waals surface area contributed by atoms with E-state index in [-0.39, 0.29) is 5.82 Å². The van der Waals surface area contributed by atoms with Crippen molar-refractivity contribution >= 4 is 50.4 Å². The van der Waals surface area contributed by atoms with Gasteiger partial charge in [0.25, 0.3) is 0 Å². The van der Waals surface area contributed by atoms with Gasteiger partial charge in [0.05, 0.1) is 28.6 Å². The molecule has 0 unspecified atom stereocenters. The Balaban J connectivity index is 2.11. The van der Waals surface area contributed by atoms with Gasteiger partial charge in [-0.1, -0.05) is 34.1 Å².